The molecule has 0 aliphatic carbocycles. The van der Waals surface area contributed by atoms with Crippen LogP contribution in [0.15, 0.2) is 28.7 Å². The predicted octanol–water partition coefficient (Wildman–Crippen LogP) is 4.63. The quantitative estimate of drug-likeness (QED) is 0.868. The molecule has 1 heterocycles. The summed E-state index contributed by atoms with van der Waals surface area (Å²) in [6.45, 7) is 7.00. The highest BCUT2D eigenvalue weighted by molar-refractivity contribution is 9.10. The van der Waals surface area contributed by atoms with Crippen molar-refractivity contribution < 1.29 is 0 Å². The summed E-state index contributed by atoms with van der Waals surface area (Å²) in [5.41, 5.74) is 1.83. The molecule has 0 amide bonds. The first kappa shape index (κ1) is 14.4. The Morgan fingerprint density at radius 3 is 2.89 bits per heavy atom. The zero-order chi connectivity index (χ0) is 13.2. The molecule has 0 saturated carbocycles. The molecule has 0 bridgehead atoms. The van der Waals surface area contributed by atoms with Gasteiger partial charge in [0.2, 0.25) is 0 Å². The van der Waals surface area contributed by atoms with Crippen LogP contribution in [0.2, 0.25) is 0 Å². The fraction of sp³-hybridized carbons (Fsp3) is 0.600. The fourth-order valence-corrected chi connectivity index (χ4v) is 4.30. The third-order valence-electron chi connectivity index (χ3n) is 3.45. The van der Waals surface area contributed by atoms with Gasteiger partial charge in [0.1, 0.15) is 0 Å². The second-order valence-corrected chi connectivity index (χ2v) is 7.97. The van der Waals surface area contributed by atoms with Gasteiger partial charge >= 0.3 is 0 Å². The molecule has 1 aromatic rings. The van der Waals surface area contributed by atoms with E-state index in [9.17, 15) is 0 Å². The van der Waals surface area contributed by atoms with Crippen molar-refractivity contribution in [1.82, 2.24) is 5.32 Å². The van der Waals surface area contributed by atoms with Crippen molar-refractivity contribution in [1.29, 1.82) is 0 Å². The third-order valence-corrected chi connectivity index (χ3v) is 5.56. The van der Waals surface area contributed by atoms with Crippen LogP contribution in [0.3, 0.4) is 0 Å². The molecule has 0 spiro atoms. The van der Waals surface area contributed by atoms with E-state index in [4.69, 9.17) is 0 Å². The lowest BCUT2D eigenvalue weighted by atomic mass is 9.87. The molecule has 18 heavy (non-hydrogen) atoms. The summed E-state index contributed by atoms with van der Waals surface area (Å²) in [6, 6.07) is 9.64. The van der Waals surface area contributed by atoms with Crippen LogP contribution in [-0.2, 0) is 0 Å². The molecule has 2 unspecified atom stereocenters. The van der Waals surface area contributed by atoms with Crippen LogP contribution < -0.4 is 5.32 Å². The first-order valence-electron chi connectivity index (χ1n) is 6.55. The fourth-order valence-electron chi connectivity index (χ4n) is 2.60. The first-order chi connectivity index (χ1) is 8.46. The van der Waals surface area contributed by atoms with E-state index in [1.165, 1.54) is 23.5 Å². The molecule has 0 radical (unpaired) electrons. The number of benzene rings is 1. The maximum absolute atomic E-state index is 3.78. The second kappa shape index (κ2) is 5.98. The molecule has 2 rings (SSSR count). The van der Waals surface area contributed by atoms with E-state index < -0.39 is 0 Å². The monoisotopic (exact) mass is 327 g/mol. The summed E-state index contributed by atoms with van der Waals surface area (Å²) in [5.74, 6) is 2.53. The molecule has 0 aromatic heterocycles. The van der Waals surface area contributed by atoms with Gasteiger partial charge < -0.3 is 5.32 Å². The molecule has 1 fully saturated rings. The Balaban J connectivity index is 1.97. The Hall–Kier alpha value is 0.01000. The van der Waals surface area contributed by atoms with Crippen molar-refractivity contribution in [2.24, 2.45) is 5.41 Å². The van der Waals surface area contributed by atoms with E-state index in [0.717, 1.165) is 4.47 Å². The zero-order valence-electron chi connectivity index (χ0n) is 11.4. The van der Waals surface area contributed by atoms with Crippen LogP contribution in [0.4, 0.5) is 0 Å². The minimum atomic E-state index is 0.419. The molecular weight excluding hydrogens is 306 g/mol. The number of hydrogen-bond donors (Lipinski definition) is 1. The van der Waals surface area contributed by atoms with E-state index >= 15 is 0 Å². The van der Waals surface area contributed by atoms with E-state index in [0.29, 0.717) is 17.5 Å². The molecule has 1 saturated heterocycles. The van der Waals surface area contributed by atoms with Crippen LogP contribution in [0.5, 0.6) is 0 Å². The van der Waals surface area contributed by atoms with Gasteiger partial charge in [-0.05, 0) is 42.2 Å². The smallest absolute Gasteiger partial charge is 0.0295 e. The Morgan fingerprint density at radius 1 is 1.44 bits per heavy atom. The maximum Gasteiger partial charge on any atom is 0.0295 e. The summed E-state index contributed by atoms with van der Waals surface area (Å²) in [5, 5.41) is 3.78. The SMILES string of the molecule is CC(NC1CSCC(C)(C)C1)c1cccc(Br)c1. The largest absolute Gasteiger partial charge is 0.307 e. The maximum atomic E-state index is 3.78. The van der Waals surface area contributed by atoms with Gasteiger partial charge in [-0.25, -0.2) is 0 Å². The first-order valence-corrected chi connectivity index (χ1v) is 8.50. The Labute approximate surface area is 123 Å². The number of rotatable bonds is 3. The van der Waals surface area contributed by atoms with E-state index in [1.807, 2.05) is 0 Å². The van der Waals surface area contributed by atoms with Crippen molar-refractivity contribution in [3.63, 3.8) is 0 Å². The number of halogens is 1. The van der Waals surface area contributed by atoms with Crippen molar-refractivity contribution >= 4 is 27.7 Å². The summed E-state index contributed by atoms with van der Waals surface area (Å²) in [6.07, 6.45) is 1.28. The Morgan fingerprint density at radius 2 is 2.22 bits per heavy atom. The number of hydrogen-bond acceptors (Lipinski definition) is 2. The van der Waals surface area contributed by atoms with E-state index in [2.05, 4.69) is 78.0 Å². The van der Waals surface area contributed by atoms with Gasteiger partial charge in [0.15, 0.2) is 0 Å². The number of nitrogens with one attached hydrogen (secondary N) is 1. The lowest BCUT2D eigenvalue weighted by Crippen LogP contribution is -2.41. The average Bonchev–Trinajstić information content (AvgIpc) is 2.27. The van der Waals surface area contributed by atoms with Crippen LogP contribution in [0, 0.1) is 5.41 Å². The molecule has 1 N–H and O–H groups in total. The van der Waals surface area contributed by atoms with Gasteiger partial charge in [-0.15, -0.1) is 0 Å². The van der Waals surface area contributed by atoms with Crippen LogP contribution >= 0.6 is 27.7 Å². The van der Waals surface area contributed by atoms with Gasteiger partial charge in [-0.2, -0.15) is 11.8 Å². The van der Waals surface area contributed by atoms with E-state index in [1.54, 1.807) is 0 Å². The molecule has 100 valence electrons. The molecule has 2 atom stereocenters. The van der Waals surface area contributed by atoms with Gasteiger partial charge in [-0.3, -0.25) is 0 Å². The number of thioether (sulfide) groups is 1. The second-order valence-electron chi connectivity index (χ2n) is 6.02. The summed E-state index contributed by atoms with van der Waals surface area (Å²) >= 11 is 5.62. The lowest BCUT2D eigenvalue weighted by Gasteiger charge is -2.36. The highest BCUT2D eigenvalue weighted by atomic mass is 79.9. The third kappa shape index (κ3) is 4.01. The lowest BCUT2D eigenvalue weighted by molar-refractivity contribution is 0.305. The van der Waals surface area contributed by atoms with E-state index in [-0.39, 0.29) is 0 Å². The zero-order valence-corrected chi connectivity index (χ0v) is 13.8. The van der Waals surface area contributed by atoms with Crippen molar-refractivity contribution in [3.05, 3.63) is 34.3 Å². The highest BCUT2D eigenvalue weighted by Gasteiger charge is 2.29. The van der Waals surface area contributed by atoms with Crippen LogP contribution in [-0.4, -0.2) is 17.5 Å². The van der Waals surface area contributed by atoms with Gasteiger partial charge in [0.25, 0.3) is 0 Å². The highest BCUT2D eigenvalue weighted by Crippen LogP contribution is 2.34. The summed E-state index contributed by atoms with van der Waals surface area (Å²) in [7, 11) is 0. The average molecular weight is 328 g/mol. The normalized spacial score (nSPS) is 24.8. The minimum Gasteiger partial charge on any atom is -0.307 e. The van der Waals surface area contributed by atoms with Crippen molar-refractivity contribution in [3.8, 4) is 0 Å². The molecule has 1 aliphatic heterocycles. The molecule has 1 aliphatic rings. The Kier molecular flexibility index (Phi) is 4.79. The summed E-state index contributed by atoms with van der Waals surface area (Å²) < 4.78 is 1.16. The summed E-state index contributed by atoms with van der Waals surface area (Å²) in [4.78, 5) is 0. The van der Waals surface area contributed by atoms with Gasteiger partial charge in [0.05, 0.1) is 0 Å². The van der Waals surface area contributed by atoms with Crippen molar-refractivity contribution in [2.75, 3.05) is 11.5 Å². The Bertz CT molecular complexity index is 405. The van der Waals surface area contributed by atoms with Crippen LogP contribution in [0.1, 0.15) is 38.8 Å². The van der Waals surface area contributed by atoms with Gasteiger partial charge in [-0.1, -0.05) is 41.9 Å². The minimum absolute atomic E-state index is 0.419. The molecular formula is C15H22BrNS. The molecule has 1 aromatic carbocycles. The molecule has 1 nitrogen and oxygen atoms in total. The van der Waals surface area contributed by atoms with Crippen molar-refractivity contribution in [2.45, 2.75) is 39.3 Å². The standard InChI is InChI=1S/C15H22BrNS/c1-11(12-5-4-6-13(16)7-12)17-14-8-15(2,3)10-18-9-14/h4-7,11,14,17H,8-10H2,1-3H3. The van der Waals surface area contributed by atoms with Gasteiger partial charge in [0, 0.05) is 22.3 Å². The topological polar surface area (TPSA) is 12.0 Å². The predicted molar refractivity (Wildman–Crippen MR) is 85.2 cm³/mol. The van der Waals surface area contributed by atoms with Crippen LogP contribution in [0.25, 0.3) is 0 Å². The molecule has 3 heteroatoms.